The molecule has 5 nitrogen and oxygen atoms in total. The minimum Gasteiger partial charge on any atom is -0.419 e. The monoisotopic (exact) mass is 348 g/mol. The number of anilines is 1. The number of hydrogen-bond donors (Lipinski definition) is 0. The molecule has 2 heterocycles. The van der Waals surface area contributed by atoms with Crippen molar-refractivity contribution in [2.24, 2.45) is 0 Å². The lowest BCUT2D eigenvalue weighted by Crippen LogP contribution is -2.47. The van der Waals surface area contributed by atoms with Gasteiger partial charge < -0.3 is 9.32 Å². The molecule has 0 aliphatic carbocycles. The Labute approximate surface area is 154 Å². The van der Waals surface area contributed by atoms with E-state index in [0.29, 0.717) is 11.8 Å². The van der Waals surface area contributed by atoms with Crippen LogP contribution in [0.5, 0.6) is 0 Å². The van der Waals surface area contributed by atoms with Crippen LogP contribution in [0.15, 0.2) is 59.0 Å². The number of nitrogens with zero attached hydrogens (tertiary/aromatic N) is 4. The van der Waals surface area contributed by atoms with Gasteiger partial charge in [0.1, 0.15) is 0 Å². The zero-order chi connectivity index (χ0) is 17.9. The van der Waals surface area contributed by atoms with Gasteiger partial charge in [0.2, 0.25) is 11.8 Å². The van der Waals surface area contributed by atoms with Crippen molar-refractivity contribution in [1.29, 1.82) is 0 Å². The lowest BCUT2D eigenvalue weighted by Gasteiger charge is -2.38. The van der Waals surface area contributed by atoms with Gasteiger partial charge in [-0.15, -0.1) is 10.2 Å². The molecule has 1 unspecified atom stereocenters. The molecule has 0 N–H and O–H groups in total. The fourth-order valence-corrected chi connectivity index (χ4v) is 3.46. The molecule has 1 aliphatic rings. The second-order valence-electron chi connectivity index (χ2n) is 6.85. The van der Waals surface area contributed by atoms with Crippen molar-refractivity contribution in [3.05, 3.63) is 66.1 Å². The van der Waals surface area contributed by atoms with Crippen LogP contribution in [0, 0.1) is 6.92 Å². The standard InChI is InChI=1S/C21H24N4O/c1-16-7-6-8-18(15-16)21-23-22-20(26-21)17(2)24-11-13-25(14-12-24)19-9-4-3-5-10-19/h3-10,15,17H,11-14H2,1-2H3. The molecule has 0 bridgehead atoms. The van der Waals surface area contributed by atoms with Gasteiger partial charge >= 0.3 is 0 Å². The highest BCUT2D eigenvalue weighted by Gasteiger charge is 2.25. The van der Waals surface area contributed by atoms with Gasteiger partial charge in [0, 0.05) is 37.4 Å². The summed E-state index contributed by atoms with van der Waals surface area (Å²) in [4.78, 5) is 4.84. The topological polar surface area (TPSA) is 45.4 Å². The van der Waals surface area contributed by atoms with Crippen LogP contribution in [-0.2, 0) is 0 Å². The van der Waals surface area contributed by atoms with E-state index in [1.54, 1.807) is 0 Å². The van der Waals surface area contributed by atoms with Gasteiger partial charge in [-0.05, 0) is 38.1 Å². The fourth-order valence-electron chi connectivity index (χ4n) is 3.46. The number of para-hydroxylation sites is 1. The summed E-state index contributed by atoms with van der Waals surface area (Å²) >= 11 is 0. The van der Waals surface area contributed by atoms with Gasteiger partial charge in [0.05, 0.1) is 6.04 Å². The molecule has 2 aromatic carbocycles. The molecule has 5 heteroatoms. The molecule has 0 spiro atoms. The van der Waals surface area contributed by atoms with E-state index in [0.717, 1.165) is 31.7 Å². The maximum absolute atomic E-state index is 5.97. The number of aryl methyl sites for hydroxylation is 1. The molecule has 1 aliphatic heterocycles. The molecule has 0 radical (unpaired) electrons. The molecule has 134 valence electrons. The van der Waals surface area contributed by atoms with Crippen LogP contribution in [0.3, 0.4) is 0 Å². The lowest BCUT2D eigenvalue weighted by atomic mass is 10.1. The average molecular weight is 348 g/mol. The molecule has 3 aromatic rings. The first kappa shape index (κ1) is 16.8. The largest absolute Gasteiger partial charge is 0.419 e. The Bertz CT molecular complexity index is 853. The van der Waals surface area contributed by atoms with E-state index in [2.05, 4.69) is 76.3 Å². The van der Waals surface area contributed by atoms with Crippen LogP contribution < -0.4 is 4.90 Å². The van der Waals surface area contributed by atoms with Gasteiger partial charge in [0.15, 0.2) is 0 Å². The van der Waals surface area contributed by atoms with Gasteiger partial charge in [0.25, 0.3) is 0 Å². The van der Waals surface area contributed by atoms with Crippen LogP contribution >= 0.6 is 0 Å². The Morgan fingerprint density at radius 3 is 2.42 bits per heavy atom. The van der Waals surface area contributed by atoms with E-state index in [1.807, 2.05) is 12.1 Å². The Morgan fingerprint density at radius 1 is 0.923 bits per heavy atom. The van der Waals surface area contributed by atoms with Crippen molar-refractivity contribution >= 4 is 5.69 Å². The molecule has 1 fully saturated rings. The van der Waals surface area contributed by atoms with Crippen LogP contribution in [-0.4, -0.2) is 41.3 Å². The maximum Gasteiger partial charge on any atom is 0.247 e. The summed E-state index contributed by atoms with van der Waals surface area (Å²) in [5.74, 6) is 1.29. The highest BCUT2D eigenvalue weighted by Crippen LogP contribution is 2.26. The van der Waals surface area contributed by atoms with E-state index < -0.39 is 0 Å². The van der Waals surface area contributed by atoms with E-state index in [-0.39, 0.29) is 6.04 Å². The molecule has 1 saturated heterocycles. The predicted octanol–water partition coefficient (Wildman–Crippen LogP) is 3.93. The first-order valence-electron chi connectivity index (χ1n) is 9.15. The SMILES string of the molecule is Cc1cccc(-c2nnc(C(C)N3CCN(c4ccccc4)CC3)o2)c1. The van der Waals surface area contributed by atoms with Crippen molar-refractivity contribution in [1.82, 2.24) is 15.1 Å². The van der Waals surface area contributed by atoms with E-state index in [9.17, 15) is 0 Å². The van der Waals surface area contributed by atoms with Crippen LogP contribution in [0.1, 0.15) is 24.4 Å². The third-order valence-corrected chi connectivity index (χ3v) is 5.05. The molecular weight excluding hydrogens is 324 g/mol. The zero-order valence-corrected chi connectivity index (χ0v) is 15.3. The van der Waals surface area contributed by atoms with Gasteiger partial charge in [-0.2, -0.15) is 0 Å². The Kier molecular flexibility index (Phi) is 4.71. The van der Waals surface area contributed by atoms with Gasteiger partial charge in [-0.25, -0.2) is 0 Å². The Balaban J connectivity index is 1.42. The lowest BCUT2D eigenvalue weighted by molar-refractivity contribution is 0.174. The first-order valence-corrected chi connectivity index (χ1v) is 9.15. The average Bonchev–Trinajstić information content (AvgIpc) is 3.18. The summed E-state index contributed by atoms with van der Waals surface area (Å²) in [6.45, 7) is 8.19. The van der Waals surface area contributed by atoms with Crippen LogP contribution in [0.2, 0.25) is 0 Å². The number of benzene rings is 2. The van der Waals surface area contributed by atoms with Crippen LogP contribution in [0.25, 0.3) is 11.5 Å². The van der Waals surface area contributed by atoms with E-state index >= 15 is 0 Å². The molecule has 1 atom stereocenters. The summed E-state index contributed by atoms with van der Waals surface area (Å²) in [5.41, 5.74) is 3.46. The van der Waals surface area contributed by atoms with Crippen molar-refractivity contribution in [3.8, 4) is 11.5 Å². The summed E-state index contributed by atoms with van der Waals surface area (Å²) in [5, 5.41) is 8.55. The van der Waals surface area contributed by atoms with E-state index in [1.165, 1.54) is 11.3 Å². The summed E-state index contributed by atoms with van der Waals surface area (Å²) in [6, 6.07) is 18.9. The number of aromatic nitrogens is 2. The summed E-state index contributed by atoms with van der Waals surface area (Å²) in [7, 11) is 0. The van der Waals surface area contributed by atoms with Gasteiger partial charge in [-0.1, -0.05) is 35.9 Å². The smallest absolute Gasteiger partial charge is 0.247 e. The van der Waals surface area contributed by atoms with E-state index in [4.69, 9.17) is 4.42 Å². The molecule has 26 heavy (non-hydrogen) atoms. The zero-order valence-electron chi connectivity index (χ0n) is 15.3. The minimum absolute atomic E-state index is 0.124. The molecule has 0 saturated carbocycles. The van der Waals surface area contributed by atoms with Crippen molar-refractivity contribution in [2.45, 2.75) is 19.9 Å². The maximum atomic E-state index is 5.97. The van der Waals surface area contributed by atoms with Gasteiger partial charge in [-0.3, -0.25) is 4.90 Å². The molecular formula is C21H24N4O. The second-order valence-corrected chi connectivity index (χ2v) is 6.85. The second kappa shape index (κ2) is 7.30. The van der Waals surface area contributed by atoms with Crippen molar-refractivity contribution in [3.63, 3.8) is 0 Å². The third kappa shape index (κ3) is 3.48. The first-order chi connectivity index (χ1) is 12.7. The third-order valence-electron chi connectivity index (χ3n) is 5.05. The summed E-state index contributed by atoms with van der Waals surface area (Å²) < 4.78 is 5.97. The molecule has 4 rings (SSSR count). The van der Waals surface area contributed by atoms with Crippen LogP contribution in [0.4, 0.5) is 5.69 Å². The normalized spacial score (nSPS) is 16.6. The Hall–Kier alpha value is -2.66. The highest BCUT2D eigenvalue weighted by atomic mass is 16.4. The van der Waals surface area contributed by atoms with Crippen molar-refractivity contribution in [2.75, 3.05) is 31.1 Å². The summed E-state index contributed by atoms with van der Waals surface area (Å²) in [6.07, 6.45) is 0. The minimum atomic E-state index is 0.124. The number of piperazine rings is 1. The number of hydrogen-bond acceptors (Lipinski definition) is 5. The molecule has 1 aromatic heterocycles. The fraction of sp³-hybridized carbons (Fsp3) is 0.333. The molecule has 0 amide bonds. The predicted molar refractivity (Wildman–Crippen MR) is 103 cm³/mol. The highest BCUT2D eigenvalue weighted by molar-refractivity contribution is 5.53. The number of rotatable bonds is 4. The van der Waals surface area contributed by atoms with Crippen molar-refractivity contribution < 1.29 is 4.42 Å². The quantitative estimate of drug-likeness (QED) is 0.715. The Morgan fingerprint density at radius 2 is 1.69 bits per heavy atom.